The van der Waals surface area contributed by atoms with Crippen LogP contribution < -0.4 is 0 Å². The normalized spacial score (nSPS) is 22.6. The molecule has 2 aromatic rings. The number of rotatable bonds is 5. The molecule has 0 bridgehead atoms. The Morgan fingerprint density at radius 2 is 2.29 bits per heavy atom. The van der Waals surface area contributed by atoms with Crippen molar-refractivity contribution in [2.75, 3.05) is 20.1 Å². The minimum absolute atomic E-state index is 0.241. The lowest BCUT2D eigenvalue weighted by atomic mass is 9.90. The zero-order valence-corrected chi connectivity index (χ0v) is 15.6. The molecule has 1 amide bonds. The van der Waals surface area contributed by atoms with Gasteiger partial charge in [0.25, 0.3) is 0 Å². The van der Waals surface area contributed by atoms with Gasteiger partial charge in [-0.1, -0.05) is 6.07 Å². The summed E-state index contributed by atoms with van der Waals surface area (Å²) >= 11 is 3.42. The molecule has 4 rings (SSSR count). The molecule has 1 saturated carbocycles. The molecule has 24 heavy (non-hydrogen) atoms. The molecule has 0 N–H and O–H groups in total. The van der Waals surface area contributed by atoms with E-state index < -0.39 is 0 Å². The molecule has 6 heteroatoms. The fraction of sp³-hybridized carbons (Fsp3) is 0.556. The summed E-state index contributed by atoms with van der Waals surface area (Å²) in [5.74, 6) is 0.555. The van der Waals surface area contributed by atoms with Gasteiger partial charge in [-0.2, -0.15) is 0 Å². The predicted octanol–water partition coefficient (Wildman–Crippen LogP) is 3.47. The van der Waals surface area contributed by atoms with E-state index in [-0.39, 0.29) is 5.92 Å². The Labute approximate surface area is 151 Å². The maximum absolute atomic E-state index is 12.7. The van der Waals surface area contributed by atoms with Crippen molar-refractivity contribution in [2.45, 2.75) is 32.4 Å². The number of hydrogen-bond donors (Lipinski definition) is 0. The van der Waals surface area contributed by atoms with E-state index in [9.17, 15) is 4.79 Å². The molecular weight excluding hydrogens is 338 g/mol. The van der Waals surface area contributed by atoms with Crippen molar-refractivity contribution in [1.29, 1.82) is 0 Å². The summed E-state index contributed by atoms with van der Waals surface area (Å²) in [6.07, 6.45) is 3.42. The molecule has 2 aliphatic rings. The van der Waals surface area contributed by atoms with Crippen LogP contribution in [-0.2, 0) is 17.9 Å². The van der Waals surface area contributed by atoms with Crippen LogP contribution in [0.3, 0.4) is 0 Å². The van der Waals surface area contributed by atoms with E-state index in [4.69, 9.17) is 0 Å². The maximum Gasteiger partial charge on any atom is 0.226 e. The maximum atomic E-state index is 12.7. The summed E-state index contributed by atoms with van der Waals surface area (Å²) in [6.45, 7) is 3.95. The van der Waals surface area contributed by atoms with Gasteiger partial charge in [-0.15, -0.1) is 22.7 Å². The second kappa shape index (κ2) is 6.58. The van der Waals surface area contributed by atoms with Gasteiger partial charge in [-0.3, -0.25) is 9.69 Å². The summed E-state index contributed by atoms with van der Waals surface area (Å²) in [5, 5.41) is 4.17. The van der Waals surface area contributed by atoms with Gasteiger partial charge in [-0.05, 0) is 49.2 Å². The second-order valence-corrected chi connectivity index (χ2v) is 8.90. The smallest absolute Gasteiger partial charge is 0.226 e. The first-order valence-electron chi connectivity index (χ1n) is 8.53. The summed E-state index contributed by atoms with van der Waals surface area (Å²) in [6, 6.07) is 4.34. The lowest BCUT2D eigenvalue weighted by molar-refractivity contribution is -0.133. The van der Waals surface area contributed by atoms with Crippen LogP contribution in [0.1, 0.15) is 29.8 Å². The molecule has 0 aromatic carbocycles. The van der Waals surface area contributed by atoms with Crippen LogP contribution in [0.4, 0.5) is 0 Å². The Kier molecular flexibility index (Phi) is 4.45. The van der Waals surface area contributed by atoms with E-state index in [1.54, 1.807) is 11.3 Å². The average Bonchev–Trinajstić information content (AvgIpc) is 3.00. The molecule has 0 radical (unpaired) electrons. The predicted molar refractivity (Wildman–Crippen MR) is 98.0 cm³/mol. The molecule has 1 aliphatic heterocycles. The monoisotopic (exact) mass is 361 g/mol. The van der Waals surface area contributed by atoms with E-state index in [1.807, 2.05) is 34.2 Å². The van der Waals surface area contributed by atoms with Crippen molar-refractivity contribution in [3.63, 3.8) is 0 Å². The molecule has 128 valence electrons. The number of likely N-dealkylation sites (tertiary alicyclic amines) is 1. The highest BCUT2D eigenvalue weighted by molar-refractivity contribution is 7.09. The first-order valence-corrected chi connectivity index (χ1v) is 10.4. The highest BCUT2D eigenvalue weighted by Gasteiger charge is 2.58. The standard InChI is InChI=1S/C18H23N3OS2/c1-20(10-14-12-23-13-19-14)17(22)16-9-18(16)4-6-21(7-5-18)11-15-3-2-8-24-15/h2-3,8,12-13,16H,4-7,9-11H2,1H3. The molecule has 1 saturated heterocycles. The number of carbonyl (C=O) groups is 1. The minimum atomic E-state index is 0.241. The Morgan fingerprint density at radius 3 is 2.96 bits per heavy atom. The van der Waals surface area contributed by atoms with Gasteiger partial charge in [0.2, 0.25) is 5.91 Å². The lowest BCUT2D eigenvalue weighted by Crippen LogP contribution is -2.37. The van der Waals surface area contributed by atoms with Crippen molar-refractivity contribution >= 4 is 28.6 Å². The molecule has 2 fully saturated rings. The van der Waals surface area contributed by atoms with Gasteiger partial charge < -0.3 is 4.90 Å². The number of amides is 1. The van der Waals surface area contributed by atoms with Crippen LogP contribution in [0.5, 0.6) is 0 Å². The Balaban J connectivity index is 1.29. The molecular formula is C18H23N3OS2. The van der Waals surface area contributed by atoms with Crippen LogP contribution >= 0.6 is 22.7 Å². The number of nitrogens with zero attached hydrogens (tertiary/aromatic N) is 3. The fourth-order valence-corrected chi connectivity index (χ4v) is 5.23. The molecule has 4 nitrogen and oxygen atoms in total. The molecule has 2 aromatic heterocycles. The quantitative estimate of drug-likeness (QED) is 0.818. The number of thiophene rings is 1. The average molecular weight is 362 g/mol. The highest BCUT2D eigenvalue weighted by atomic mass is 32.1. The number of hydrogen-bond acceptors (Lipinski definition) is 5. The zero-order chi connectivity index (χ0) is 16.6. The highest BCUT2D eigenvalue weighted by Crippen LogP contribution is 2.60. The summed E-state index contributed by atoms with van der Waals surface area (Å²) < 4.78 is 0. The third-order valence-corrected chi connectivity index (χ3v) is 7.05. The summed E-state index contributed by atoms with van der Waals surface area (Å²) in [4.78, 5) is 22.9. The van der Waals surface area contributed by atoms with Gasteiger partial charge in [0.15, 0.2) is 0 Å². The molecule has 1 aliphatic carbocycles. The minimum Gasteiger partial charge on any atom is -0.340 e. The first-order chi connectivity index (χ1) is 11.7. The van der Waals surface area contributed by atoms with Crippen LogP contribution in [0.15, 0.2) is 28.4 Å². The van der Waals surface area contributed by atoms with Crippen LogP contribution in [0, 0.1) is 11.3 Å². The SMILES string of the molecule is CN(Cc1cscn1)C(=O)C1CC12CCN(Cc1cccs1)CC2. The second-order valence-electron chi connectivity index (χ2n) is 7.15. The lowest BCUT2D eigenvalue weighted by Gasteiger charge is -2.32. The molecule has 1 atom stereocenters. The fourth-order valence-electron chi connectivity index (χ4n) is 3.93. The number of thiazole rings is 1. The van der Waals surface area contributed by atoms with Gasteiger partial charge in [-0.25, -0.2) is 4.98 Å². The number of aromatic nitrogens is 1. The third-order valence-electron chi connectivity index (χ3n) is 5.56. The van der Waals surface area contributed by atoms with Gasteiger partial charge >= 0.3 is 0 Å². The van der Waals surface area contributed by atoms with Gasteiger partial charge in [0, 0.05) is 29.8 Å². The Morgan fingerprint density at radius 1 is 1.46 bits per heavy atom. The van der Waals surface area contributed by atoms with Crippen molar-refractivity contribution in [2.24, 2.45) is 11.3 Å². The van der Waals surface area contributed by atoms with Crippen LogP contribution in [0.2, 0.25) is 0 Å². The number of piperidine rings is 1. The summed E-state index contributed by atoms with van der Waals surface area (Å²) in [5.41, 5.74) is 3.12. The molecule has 1 spiro atoms. The van der Waals surface area contributed by atoms with E-state index in [1.165, 1.54) is 17.7 Å². The van der Waals surface area contributed by atoms with E-state index >= 15 is 0 Å². The molecule has 1 unspecified atom stereocenters. The number of carbonyl (C=O) groups excluding carboxylic acids is 1. The van der Waals surface area contributed by atoms with Crippen molar-refractivity contribution < 1.29 is 4.79 Å². The van der Waals surface area contributed by atoms with Crippen LogP contribution in [0.25, 0.3) is 0 Å². The van der Waals surface area contributed by atoms with E-state index in [0.717, 1.165) is 31.7 Å². The van der Waals surface area contributed by atoms with Gasteiger partial charge in [0.1, 0.15) is 0 Å². The summed E-state index contributed by atoms with van der Waals surface area (Å²) in [7, 11) is 1.92. The first kappa shape index (κ1) is 16.2. The van der Waals surface area contributed by atoms with Crippen molar-refractivity contribution in [3.8, 4) is 0 Å². The largest absolute Gasteiger partial charge is 0.340 e. The zero-order valence-electron chi connectivity index (χ0n) is 14.0. The third kappa shape index (κ3) is 3.27. The Hall–Kier alpha value is -1.24. The van der Waals surface area contributed by atoms with E-state index in [0.29, 0.717) is 17.9 Å². The van der Waals surface area contributed by atoms with Gasteiger partial charge in [0.05, 0.1) is 17.7 Å². The van der Waals surface area contributed by atoms with Crippen LogP contribution in [-0.4, -0.2) is 40.8 Å². The Bertz CT molecular complexity index is 675. The van der Waals surface area contributed by atoms with E-state index in [2.05, 4.69) is 27.4 Å². The topological polar surface area (TPSA) is 36.4 Å². The van der Waals surface area contributed by atoms with Crippen molar-refractivity contribution in [3.05, 3.63) is 39.0 Å². The molecule has 3 heterocycles. The van der Waals surface area contributed by atoms with Crippen molar-refractivity contribution in [1.82, 2.24) is 14.8 Å².